The predicted octanol–water partition coefficient (Wildman–Crippen LogP) is 4.59. The van der Waals surface area contributed by atoms with E-state index < -0.39 is 0 Å². The molecule has 1 aliphatic carbocycles. The molecular formula is C25H31N3O3S. The SMILES string of the molecule is C#Cc1nc(C(=O)N(c2cc(OC)cc(OC)c2)[C@@H]2CCCN(C3CCCCC3)C2)cs1. The average Bonchev–Trinajstić information content (AvgIpc) is 3.34. The minimum absolute atomic E-state index is 0.0472. The number of hydrogen-bond acceptors (Lipinski definition) is 6. The summed E-state index contributed by atoms with van der Waals surface area (Å²) >= 11 is 1.32. The van der Waals surface area contributed by atoms with Gasteiger partial charge in [-0.05, 0) is 38.1 Å². The molecule has 1 saturated heterocycles. The van der Waals surface area contributed by atoms with Crippen LogP contribution in [0.4, 0.5) is 5.69 Å². The van der Waals surface area contributed by atoms with Crippen LogP contribution in [0.25, 0.3) is 0 Å². The first-order valence-electron chi connectivity index (χ1n) is 11.4. The van der Waals surface area contributed by atoms with Crippen LogP contribution in [0.5, 0.6) is 11.5 Å². The van der Waals surface area contributed by atoms with Gasteiger partial charge >= 0.3 is 0 Å². The Bertz CT molecular complexity index is 955. The van der Waals surface area contributed by atoms with Crippen LogP contribution in [0, 0.1) is 12.3 Å². The number of likely N-dealkylation sites (tertiary alicyclic amines) is 1. The summed E-state index contributed by atoms with van der Waals surface area (Å²) in [5.41, 5.74) is 1.15. The highest BCUT2D eigenvalue weighted by atomic mass is 32.1. The number of nitrogens with zero attached hydrogens (tertiary/aromatic N) is 3. The maximum atomic E-state index is 13.8. The molecule has 0 spiro atoms. The van der Waals surface area contributed by atoms with Gasteiger partial charge in [0, 0.05) is 36.2 Å². The largest absolute Gasteiger partial charge is 0.497 e. The lowest BCUT2D eigenvalue weighted by Crippen LogP contribution is -2.53. The maximum Gasteiger partial charge on any atom is 0.278 e. The van der Waals surface area contributed by atoms with Crippen LogP contribution in [-0.4, -0.2) is 55.2 Å². The summed E-state index contributed by atoms with van der Waals surface area (Å²) in [5.74, 6) is 3.71. The van der Waals surface area contributed by atoms with Crippen LogP contribution in [0.1, 0.15) is 60.4 Å². The minimum atomic E-state index is -0.131. The number of carbonyl (C=O) groups excluding carboxylic acids is 1. The number of terminal acetylenes is 1. The zero-order valence-corrected chi connectivity index (χ0v) is 19.7. The number of ether oxygens (including phenoxy) is 2. The van der Waals surface area contributed by atoms with Gasteiger partial charge in [0.1, 0.15) is 17.2 Å². The summed E-state index contributed by atoms with van der Waals surface area (Å²) < 4.78 is 11.0. The average molecular weight is 454 g/mol. The van der Waals surface area contributed by atoms with Crippen molar-refractivity contribution in [3.63, 3.8) is 0 Å². The third-order valence-electron chi connectivity index (χ3n) is 6.56. The van der Waals surface area contributed by atoms with E-state index in [1.54, 1.807) is 19.6 Å². The van der Waals surface area contributed by atoms with Gasteiger partial charge in [0.2, 0.25) is 0 Å². The van der Waals surface area contributed by atoms with Crippen molar-refractivity contribution in [2.24, 2.45) is 0 Å². The molecule has 1 saturated carbocycles. The Morgan fingerprint density at radius 2 is 1.84 bits per heavy atom. The van der Waals surface area contributed by atoms with Crippen LogP contribution in [-0.2, 0) is 0 Å². The summed E-state index contributed by atoms with van der Waals surface area (Å²) in [5, 5.41) is 2.27. The summed E-state index contributed by atoms with van der Waals surface area (Å²) in [6, 6.07) is 6.28. The molecule has 1 aromatic heterocycles. The van der Waals surface area contributed by atoms with Crippen molar-refractivity contribution in [2.45, 2.75) is 57.0 Å². The highest BCUT2D eigenvalue weighted by molar-refractivity contribution is 7.10. The lowest BCUT2D eigenvalue weighted by Gasteiger charge is -2.43. The number of amides is 1. The van der Waals surface area contributed by atoms with Gasteiger partial charge < -0.3 is 14.4 Å². The number of carbonyl (C=O) groups is 1. The Hall–Kier alpha value is -2.56. The van der Waals surface area contributed by atoms with E-state index in [0.29, 0.717) is 28.2 Å². The van der Waals surface area contributed by atoms with Gasteiger partial charge in [-0.1, -0.05) is 19.3 Å². The van der Waals surface area contributed by atoms with E-state index in [4.69, 9.17) is 15.9 Å². The van der Waals surface area contributed by atoms with Gasteiger partial charge in [0.25, 0.3) is 5.91 Å². The normalized spacial score (nSPS) is 19.8. The minimum Gasteiger partial charge on any atom is -0.497 e. The van der Waals surface area contributed by atoms with Crippen molar-refractivity contribution < 1.29 is 14.3 Å². The molecule has 32 heavy (non-hydrogen) atoms. The van der Waals surface area contributed by atoms with Gasteiger partial charge in [-0.15, -0.1) is 17.8 Å². The van der Waals surface area contributed by atoms with E-state index >= 15 is 0 Å². The molecule has 0 N–H and O–H groups in total. The molecule has 6 nitrogen and oxygen atoms in total. The van der Waals surface area contributed by atoms with Gasteiger partial charge in [0.05, 0.1) is 25.9 Å². The monoisotopic (exact) mass is 453 g/mol. The predicted molar refractivity (Wildman–Crippen MR) is 128 cm³/mol. The fraction of sp³-hybridized carbons (Fsp3) is 0.520. The number of hydrogen-bond donors (Lipinski definition) is 0. The highest BCUT2D eigenvalue weighted by Gasteiger charge is 2.34. The number of thiazole rings is 1. The van der Waals surface area contributed by atoms with Crippen molar-refractivity contribution in [1.29, 1.82) is 0 Å². The Balaban J connectivity index is 1.68. The first-order valence-corrected chi connectivity index (χ1v) is 12.2. The molecule has 1 aromatic carbocycles. The first kappa shape index (κ1) is 22.6. The number of aromatic nitrogens is 1. The lowest BCUT2D eigenvalue weighted by molar-refractivity contribution is 0.0902. The zero-order valence-electron chi connectivity index (χ0n) is 18.9. The van der Waals surface area contributed by atoms with E-state index in [2.05, 4.69) is 15.8 Å². The molecule has 2 aliphatic rings. The number of methoxy groups -OCH3 is 2. The van der Waals surface area contributed by atoms with Crippen LogP contribution in [0.15, 0.2) is 23.6 Å². The molecule has 0 bridgehead atoms. The summed E-state index contributed by atoms with van der Waals surface area (Å²) in [7, 11) is 3.24. The second-order valence-electron chi connectivity index (χ2n) is 8.51. The number of benzene rings is 1. The quantitative estimate of drug-likeness (QED) is 0.599. The zero-order chi connectivity index (χ0) is 22.5. The van der Waals surface area contributed by atoms with Crippen LogP contribution in [0.2, 0.25) is 0 Å². The van der Waals surface area contributed by atoms with Crippen molar-refractivity contribution in [1.82, 2.24) is 9.88 Å². The second kappa shape index (κ2) is 10.4. The Morgan fingerprint density at radius 3 is 2.47 bits per heavy atom. The van der Waals surface area contributed by atoms with Gasteiger partial charge in [-0.2, -0.15) is 0 Å². The standard InChI is InChI=1S/C25H31N3O3S/c1-4-24-26-23(17-32-24)25(29)28(20-13-21(30-2)15-22(14-20)31-3)19-11-8-12-27(16-19)18-9-6-5-7-10-18/h1,13-15,17-19H,5-12,16H2,2-3H3/t19-/m1/s1. The van der Waals surface area contributed by atoms with Gasteiger partial charge in [0.15, 0.2) is 5.01 Å². The molecule has 0 unspecified atom stereocenters. The Morgan fingerprint density at radius 1 is 1.12 bits per heavy atom. The molecule has 1 aliphatic heterocycles. The maximum absolute atomic E-state index is 13.8. The van der Waals surface area contributed by atoms with Gasteiger partial charge in [-0.25, -0.2) is 4.98 Å². The van der Waals surface area contributed by atoms with E-state index in [1.165, 1.54) is 43.4 Å². The highest BCUT2D eigenvalue weighted by Crippen LogP contribution is 2.34. The Labute approximate surface area is 194 Å². The van der Waals surface area contributed by atoms with Crippen LogP contribution < -0.4 is 14.4 Å². The van der Waals surface area contributed by atoms with E-state index in [9.17, 15) is 4.79 Å². The molecule has 2 aromatic rings. The molecule has 7 heteroatoms. The van der Waals surface area contributed by atoms with E-state index in [0.717, 1.165) is 31.6 Å². The van der Waals surface area contributed by atoms with Crippen molar-refractivity contribution in [2.75, 3.05) is 32.2 Å². The molecular weight excluding hydrogens is 422 g/mol. The molecule has 2 heterocycles. The third kappa shape index (κ3) is 4.92. The van der Waals surface area contributed by atoms with Crippen LogP contribution in [0.3, 0.4) is 0 Å². The second-order valence-corrected chi connectivity index (χ2v) is 9.37. The molecule has 170 valence electrons. The molecule has 2 fully saturated rings. The smallest absolute Gasteiger partial charge is 0.278 e. The fourth-order valence-corrected chi connectivity index (χ4v) is 5.55. The summed E-state index contributed by atoms with van der Waals surface area (Å²) in [4.78, 5) is 22.6. The molecule has 1 amide bonds. The lowest BCUT2D eigenvalue weighted by atomic mass is 9.91. The molecule has 4 rings (SSSR count). The fourth-order valence-electron chi connectivity index (χ4n) is 4.96. The summed E-state index contributed by atoms with van der Waals surface area (Å²) in [6.07, 6.45) is 14.0. The Kier molecular flexibility index (Phi) is 7.33. The van der Waals surface area contributed by atoms with Crippen molar-refractivity contribution in [3.8, 4) is 23.8 Å². The number of piperidine rings is 1. The van der Waals surface area contributed by atoms with Crippen molar-refractivity contribution >= 4 is 22.9 Å². The van der Waals surface area contributed by atoms with Crippen LogP contribution >= 0.6 is 11.3 Å². The number of anilines is 1. The molecule has 1 atom stereocenters. The first-order chi connectivity index (χ1) is 15.6. The van der Waals surface area contributed by atoms with Gasteiger partial charge in [-0.3, -0.25) is 9.69 Å². The van der Waals surface area contributed by atoms with Crippen molar-refractivity contribution in [3.05, 3.63) is 34.3 Å². The van der Waals surface area contributed by atoms with E-state index in [1.807, 2.05) is 23.1 Å². The molecule has 0 radical (unpaired) electrons. The topological polar surface area (TPSA) is 54.9 Å². The van der Waals surface area contributed by atoms with E-state index in [-0.39, 0.29) is 11.9 Å². The third-order valence-corrected chi connectivity index (χ3v) is 7.34. The number of rotatable bonds is 6. The summed E-state index contributed by atoms with van der Waals surface area (Å²) in [6.45, 7) is 1.96.